The second-order valence-electron chi connectivity index (χ2n) is 5.29. The number of hydrogen-bond donors (Lipinski definition) is 0. The van der Waals surface area contributed by atoms with E-state index in [0.29, 0.717) is 0 Å². The van der Waals surface area contributed by atoms with E-state index in [1.54, 1.807) is 12.1 Å². The molecule has 0 bridgehead atoms. The van der Waals surface area contributed by atoms with E-state index in [1.807, 2.05) is 30.3 Å². The maximum absolute atomic E-state index is 12.1. The number of likely N-dealkylation sites (tertiary alicyclic amines) is 1. The van der Waals surface area contributed by atoms with E-state index in [9.17, 15) is 4.79 Å². The van der Waals surface area contributed by atoms with Gasteiger partial charge >= 0.3 is 5.97 Å². The van der Waals surface area contributed by atoms with E-state index in [-0.39, 0.29) is 11.9 Å². The van der Waals surface area contributed by atoms with Crippen molar-refractivity contribution in [1.82, 2.24) is 4.90 Å². The number of carbonyl (C=O) groups excluding carboxylic acids is 1. The Morgan fingerprint density at radius 3 is 2.57 bits per heavy atom. The molecule has 4 nitrogen and oxygen atoms in total. The molecule has 0 spiro atoms. The highest BCUT2D eigenvalue weighted by Crippen LogP contribution is 2.22. The molecule has 1 aromatic carbocycles. The second kappa shape index (κ2) is 6.59. The van der Waals surface area contributed by atoms with E-state index < -0.39 is 5.97 Å². The number of furan rings is 1. The van der Waals surface area contributed by atoms with Crippen LogP contribution in [0.3, 0.4) is 0 Å². The Hall–Kier alpha value is -2.07. The molecule has 0 amide bonds. The van der Waals surface area contributed by atoms with Crippen molar-refractivity contribution in [3.63, 3.8) is 0 Å². The summed E-state index contributed by atoms with van der Waals surface area (Å²) in [6.07, 6.45) is 3.65. The zero-order valence-electron chi connectivity index (χ0n) is 11.9. The quantitative estimate of drug-likeness (QED) is 0.791. The number of ether oxygens (including phenoxy) is 1. The summed E-state index contributed by atoms with van der Waals surface area (Å²) in [5, 5.41) is 0. The minimum absolute atomic E-state index is 0.248. The van der Waals surface area contributed by atoms with Gasteiger partial charge in [-0.05, 0) is 43.6 Å². The summed E-state index contributed by atoms with van der Waals surface area (Å²) >= 11 is 0. The Balaban J connectivity index is 1.73. The van der Waals surface area contributed by atoms with Gasteiger partial charge in [0.05, 0.1) is 6.26 Å². The minimum atomic E-state index is -0.409. The molecule has 1 fully saturated rings. The van der Waals surface area contributed by atoms with Gasteiger partial charge < -0.3 is 9.15 Å². The molecule has 1 unspecified atom stereocenters. The number of esters is 1. The summed E-state index contributed by atoms with van der Waals surface area (Å²) < 4.78 is 10.8. The van der Waals surface area contributed by atoms with Gasteiger partial charge in [0.2, 0.25) is 5.76 Å². The van der Waals surface area contributed by atoms with Crippen LogP contribution in [0.4, 0.5) is 0 Å². The summed E-state index contributed by atoms with van der Waals surface area (Å²) in [6.45, 7) is 2.87. The first-order valence-electron chi connectivity index (χ1n) is 7.35. The van der Waals surface area contributed by atoms with Gasteiger partial charge in [-0.3, -0.25) is 4.90 Å². The Morgan fingerprint density at radius 2 is 1.90 bits per heavy atom. The van der Waals surface area contributed by atoms with Crippen LogP contribution in [0.15, 0.2) is 53.1 Å². The van der Waals surface area contributed by atoms with E-state index in [4.69, 9.17) is 9.15 Å². The van der Waals surface area contributed by atoms with Crippen molar-refractivity contribution in [2.75, 3.05) is 19.6 Å². The summed E-state index contributed by atoms with van der Waals surface area (Å²) in [5.74, 6) is -0.162. The fourth-order valence-electron chi connectivity index (χ4n) is 2.66. The minimum Gasteiger partial charge on any atom is -0.457 e. The van der Waals surface area contributed by atoms with E-state index in [0.717, 1.165) is 25.2 Å². The highest BCUT2D eigenvalue weighted by molar-refractivity contribution is 5.86. The summed E-state index contributed by atoms with van der Waals surface area (Å²) in [5.41, 5.74) is 1.02. The second-order valence-corrected chi connectivity index (χ2v) is 5.29. The highest BCUT2D eigenvalue weighted by Gasteiger charge is 2.23. The SMILES string of the molecule is O=C(OC(CN1CCCC1)c1ccccc1)c1ccco1. The van der Waals surface area contributed by atoms with Crippen molar-refractivity contribution in [1.29, 1.82) is 0 Å². The Morgan fingerprint density at radius 1 is 1.14 bits per heavy atom. The number of rotatable bonds is 5. The molecular weight excluding hydrogens is 266 g/mol. The van der Waals surface area contributed by atoms with Gasteiger partial charge in [-0.25, -0.2) is 4.79 Å². The van der Waals surface area contributed by atoms with Gasteiger partial charge in [0, 0.05) is 6.54 Å². The molecule has 2 heterocycles. The molecule has 1 aliphatic rings. The standard InChI is InChI=1S/C17H19NO3/c19-17(15-9-6-12-20-15)21-16(13-18-10-4-5-11-18)14-7-2-1-3-8-14/h1-3,6-9,12,16H,4-5,10-11,13H2. The van der Waals surface area contributed by atoms with Crippen molar-refractivity contribution in [2.45, 2.75) is 18.9 Å². The largest absolute Gasteiger partial charge is 0.457 e. The predicted molar refractivity (Wildman–Crippen MR) is 79.0 cm³/mol. The molecule has 0 saturated carbocycles. The van der Waals surface area contributed by atoms with E-state index in [1.165, 1.54) is 19.1 Å². The molecule has 1 saturated heterocycles. The molecular formula is C17H19NO3. The average molecular weight is 285 g/mol. The van der Waals surface area contributed by atoms with Crippen LogP contribution in [0.25, 0.3) is 0 Å². The number of nitrogens with zero attached hydrogens (tertiary/aromatic N) is 1. The number of benzene rings is 1. The molecule has 110 valence electrons. The van der Waals surface area contributed by atoms with Crippen LogP contribution < -0.4 is 0 Å². The maximum Gasteiger partial charge on any atom is 0.374 e. The summed E-state index contributed by atoms with van der Waals surface area (Å²) in [6, 6.07) is 13.2. The molecule has 1 aliphatic heterocycles. The van der Waals surface area contributed by atoms with Crippen LogP contribution in [0.1, 0.15) is 35.1 Å². The Labute approximate surface area is 124 Å². The monoisotopic (exact) mass is 285 g/mol. The van der Waals surface area contributed by atoms with Crippen molar-refractivity contribution in [3.05, 3.63) is 60.1 Å². The molecule has 1 atom stereocenters. The summed E-state index contributed by atoms with van der Waals surface area (Å²) in [4.78, 5) is 14.5. The normalized spacial score (nSPS) is 16.8. The molecule has 2 aromatic rings. The average Bonchev–Trinajstić information content (AvgIpc) is 3.21. The first kappa shape index (κ1) is 13.9. The maximum atomic E-state index is 12.1. The van der Waals surface area contributed by atoms with Gasteiger partial charge in [0.25, 0.3) is 0 Å². The van der Waals surface area contributed by atoms with E-state index in [2.05, 4.69) is 4.90 Å². The highest BCUT2D eigenvalue weighted by atomic mass is 16.6. The zero-order valence-corrected chi connectivity index (χ0v) is 11.9. The lowest BCUT2D eigenvalue weighted by Gasteiger charge is -2.23. The fourth-order valence-corrected chi connectivity index (χ4v) is 2.66. The Bertz CT molecular complexity index is 559. The van der Waals surface area contributed by atoms with Gasteiger partial charge in [0.1, 0.15) is 6.10 Å². The molecule has 1 aromatic heterocycles. The lowest BCUT2D eigenvalue weighted by Crippen LogP contribution is -2.28. The van der Waals surface area contributed by atoms with Gasteiger partial charge in [-0.1, -0.05) is 30.3 Å². The van der Waals surface area contributed by atoms with Crippen molar-refractivity contribution in [2.24, 2.45) is 0 Å². The van der Waals surface area contributed by atoms with Crippen LogP contribution in [-0.4, -0.2) is 30.5 Å². The molecule has 0 aliphatic carbocycles. The van der Waals surface area contributed by atoms with Crippen molar-refractivity contribution < 1.29 is 13.9 Å². The molecule has 4 heteroatoms. The van der Waals surface area contributed by atoms with Gasteiger partial charge in [0.15, 0.2) is 0 Å². The predicted octanol–water partition coefficient (Wildman–Crippen LogP) is 3.27. The molecule has 0 N–H and O–H groups in total. The van der Waals surface area contributed by atoms with Crippen LogP contribution in [0.5, 0.6) is 0 Å². The van der Waals surface area contributed by atoms with E-state index >= 15 is 0 Å². The smallest absolute Gasteiger partial charge is 0.374 e. The Kier molecular flexibility index (Phi) is 4.36. The first-order valence-corrected chi connectivity index (χ1v) is 7.35. The van der Waals surface area contributed by atoms with Crippen LogP contribution in [0, 0.1) is 0 Å². The van der Waals surface area contributed by atoms with Crippen LogP contribution in [0.2, 0.25) is 0 Å². The fraction of sp³-hybridized carbons (Fsp3) is 0.353. The first-order chi connectivity index (χ1) is 10.3. The third-order valence-corrected chi connectivity index (χ3v) is 3.77. The topological polar surface area (TPSA) is 42.7 Å². The van der Waals surface area contributed by atoms with Crippen LogP contribution in [-0.2, 0) is 4.74 Å². The van der Waals surface area contributed by atoms with Crippen molar-refractivity contribution >= 4 is 5.97 Å². The third kappa shape index (κ3) is 3.52. The summed E-state index contributed by atoms with van der Waals surface area (Å²) in [7, 11) is 0. The molecule has 3 rings (SSSR count). The lowest BCUT2D eigenvalue weighted by molar-refractivity contribution is 0.0182. The lowest BCUT2D eigenvalue weighted by atomic mass is 10.1. The van der Waals surface area contributed by atoms with Crippen LogP contribution >= 0.6 is 0 Å². The molecule has 0 radical (unpaired) electrons. The van der Waals surface area contributed by atoms with Gasteiger partial charge in [-0.2, -0.15) is 0 Å². The van der Waals surface area contributed by atoms with Crippen molar-refractivity contribution in [3.8, 4) is 0 Å². The zero-order chi connectivity index (χ0) is 14.5. The third-order valence-electron chi connectivity index (χ3n) is 3.77. The molecule has 21 heavy (non-hydrogen) atoms. The van der Waals surface area contributed by atoms with Gasteiger partial charge in [-0.15, -0.1) is 0 Å². The number of carbonyl (C=O) groups is 1. The number of hydrogen-bond acceptors (Lipinski definition) is 4.